The number of ether oxygens (including phenoxy) is 1. The summed E-state index contributed by atoms with van der Waals surface area (Å²) >= 11 is 0. The summed E-state index contributed by atoms with van der Waals surface area (Å²) in [5.41, 5.74) is 2.28. The Kier molecular flexibility index (Phi) is 6.20. The van der Waals surface area contributed by atoms with Crippen LogP contribution in [0.15, 0.2) is 34.7 Å². The predicted molar refractivity (Wildman–Crippen MR) is 116 cm³/mol. The number of fused-ring (bicyclic) bond motifs is 1. The molecule has 1 saturated heterocycles. The number of carbonyl (C=O) groups is 2. The maximum Gasteiger partial charge on any atom is 0.291 e. The lowest BCUT2D eigenvalue weighted by Crippen LogP contribution is -2.42. The quantitative estimate of drug-likeness (QED) is 0.650. The molecule has 9 heteroatoms. The number of benzene rings is 1. The van der Waals surface area contributed by atoms with Crippen LogP contribution in [0.5, 0.6) is 0 Å². The molecule has 1 aliphatic rings. The summed E-state index contributed by atoms with van der Waals surface area (Å²) < 4.78 is 11.4. The van der Waals surface area contributed by atoms with Gasteiger partial charge >= 0.3 is 0 Å². The van der Waals surface area contributed by atoms with Gasteiger partial charge in [0, 0.05) is 32.4 Å². The standard InChI is InChI=1S/C23H26N4O5/c1-14-21(32-15(2)24-14)23(30)27-9-11-31-20(13-27)19-12-17(22(29)26(3)8-10-28)16-6-4-5-7-18(16)25-19/h4-7,12,20,28H,8-11,13H2,1-3H3/t20-/m0/s1. The van der Waals surface area contributed by atoms with Crippen molar-refractivity contribution in [1.29, 1.82) is 0 Å². The Balaban J connectivity index is 1.66. The van der Waals surface area contributed by atoms with Crippen molar-refractivity contribution in [3.05, 3.63) is 58.9 Å². The first kappa shape index (κ1) is 21.9. The molecule has 1 N–H and O–H groups in total. The molecule has 2 aromatic heterocycles. The number of hydrogen-bond donors (Lipinski definition) is 1. The number of carbonyl (C=O) groups excluding carboxylic acids is 2. The molecule has 0 spiro atoms. The third-order valence-electron chi connectivity index (χ3n) is 5.53. The Hall–Kier alpha value is -3.30. The smallest absolute Gasteiger partial charge is 0.291 e. The molecule has 2 amide bonds. The van der Waals surface area contributed by atoms with E-state index in [-0.39, 0.29) is 37.3 Å². The van der Waals surface area contributed by atoms with E-state index in [2.05, 4.69) is 4.98 Å². The lowest BCUT2D eigenvalue weighted by atomic mass is 10.0. The van der Waals surface area contributed by atoms with Crippen LogP contribution in [0.25, 0.3) is 10.9 Å². The minimum Gasteiger partial charge on any atom is -0.436 e. The van der Waals surface area contributed by atoms with Crippen LogP contribution in [0.1, 0.15) is 44.3 Å². The number of para-hydroxylation sites is 1. The average Bonchev–Trinajstić information content (AvgIpc) is 3.15. The molecular weight excluding hydrogens is 412 g/mol. The van der Waals surface area contributed by atoms with Gasteiger partial charge in [-0.2, -0.15) is 0 Å². The van der Waals surface area contributed by atoms with Crippen molar-refractivity contribution in [2.24, 2.45) is 0 Å². The molecule has 9 nitrogen and oxygen atoms in total. The molecule has 3 heterocycles. The molecule has 1 aromatic carbocycles. The normalized spacial score (nSPS) is 16.4. The van der Waals surface area contributed by atoms with Crippen LogP contribution in [0, 0.1) is 13.8 Å². The highest BCUT2D eigenvalue weighted by molar-refractivity contribution is 6.06. The Morgan fingerprint density at radius 1 is 1.25 bits per heavy atom. The highest BCUT2D eigenvalue weighted by Crippen LogP contribution is 2.27. The maximum atomic E-state index is 13.0. The number of oxazole rings is 1. The minimum absolute atomic E-state index is 0.124. The number of aromatic nitrogens is 2. The molecule has 0 radical (unpaired) electrons. The van der Waals surface area contributed by atoms with Gasteiger partial charge in [0.1, 0.15) is 6.10 Å². The third kappa shape index (κ3) is 4.21. The molecule has 32 heavy (non-hydrogen) atoms. The van der Waals surface area contributed by atoms with Gasteiger partial charge < -0.3 is 24.1 Å². The summed E-state index contributed by atoms with van der Waals surface area (Å²) in [7, 11) is 1.65. The number of aliphatic hydroxyl groups is 1. The highest BCUT2D eigenvalue weighted by Gasteiger charge is 2.31. The summed E-state index contributed by atoms with van der Waals surface area (Å²) in [5, 5.41) is 9.95. The van der Waals surface area contributed by atoms with Crippen molar-refractivity contribution in [3.8, 4) is 0 Å². The van der Waals surface area contributed by atoms with Crippen LogP contribution in [0.4, 0.5) is 0 Å². The van der Waals surface area contributed by atoms with E-state index >= 15 is 0 Å². The number of pyridine rings is 1. The van der Waals surface area contributed by atoms with Gasteiger partial charge in [-0.15, -0.1) is 0 Å². The molecule has 0 bridgehead atoms. The molecule has 4 rings (SSSR count). The summed E-state index contributed by atoms with van der Waals surface area (Å²) in [5.74, 6) is 0.227. The van der Waals surface area contributed by atoms with Crippen LogP contribution in [-0.2, 0) is 4.74 Å². The van der Waals surface area contributed by atoms with Gasteiger partial charge in [0.25, 0.3) is 11.8 Å². The van der Waals surface area contributed by atoms with Crippen LogP contribution in [0.3, 0.4) is 0 Å². The summed E-state index contributed by atoms with van der Waals surface area (Å²) in [6.07, 6.45) is -0.490. The van der Waals surface area contributed by atoms with E-state index in [1.807, 2.05) is 24.3 Å². The second-order valence-electron chi connectivity index (χ2n) is 7.82. The number of nitrogens with zero attached hydrogens (tertiary/aromatic N) is 4. The van der Waals surface area contributed by atoms with Crippen molar-refractivity contribution in [2.75, 3.05) is 39.9 Å². The van der Waals surface area contributed by atoms with E-state index in [1.165, 1.54) is 4.90 Å². The number of aryl methyl sites for hydroxylation is 2. The van der Waals surface area contributed by atoms with E-state index in [1.54, 1.807) is 31.9 Å². The van der Waals surface area contributed by atoms with Gasteiger partial charge in [0.05, 0.1) is 42.2 Å². The van der Waals surface area contributed by atoms with Crippen LogP contribution in [-0.4, -0.2) is 76.6 Å². The van der Waals surface area contributed by atoms with Gasteiger partial charge in [0.2, 0.25) is 5.76 Å². The fourth-order valence-corrected chi connectivity index (χ4v) is 3.88. The molecular formula is C23H26N4O5. The predicted octanol–water partition coefficient (Wildman–Crippen LogP) is 2.12. The first-order valence-corrected chi connectivity index (χ1v) is 10.5. The Morgan fingerprint density at radius 3 is 2.75 bits per heavy atom. The fourth-order valence-electron chi connectivity index (χ4n) is 3.88. The number of amides is 2. The largest absolute Gasteiger partial charge is 0.436 e. The molecule has 0 saturated carbocycles. The summed E-state index contributed by atoms with van der Waals surface area (Å²) in [4.78, 5) is 38.1. The Morgan fingerprint density at radius 2 is 2.03 bits per heavy atom. The van der Waals surface area contributed by atoms with Crippen LogP contribution < -0.4 is 0 Å². The lowest BCUT2D eigenvalue weighted by Gasteiger charge is -2.32. The van der Waals surface area contributed by atoms with E-state index in [4.69, 9.17) is 14.1 Å². The average molecular weight is 438 g/mol. The Bertz CT molecular complexity index is 1160. The SMILES string of the molecule is Cc1nc(C)c(C(=O)N2CCO[C@H](c3cc(C(=O)N(C)CCO)c4ccccc4n3)C2)o1. The number of aliphatic hydroxyl groups excluding tert-OH is 1. The van der Waals surface area contributed by atoms with Crippen LogP contribution >= 0.6 is 0 Å². The summed E-state index contributed by atoms with van der Waals surface area (Å²) in [6.45, 7) is 4.59. The monoisotopic (exact) mass is 438 g/mol. The number of likely N-dealkylation sites (N-methyl/N-ethyl adjacent to an activating group) is 1. The second-order valence-corrected chi connectivity index (χ2v) is 7.82. The number of rotatable bonds is 5. The van der Waals surface area contributed by atoms with Gasteiger partial charge in [-0.1, -0.05) is 18.2 Å². The zero-order chi connectivity index (χ0) is 22.8. The van der Waals surface area contributed by atoms with Crippen molar-refractivity contribution in [3.63, 3.8) is 0 Å². The van der Waals surface area contributed by atoms with Gasteiger partial charge in [-0.25, -0.2) is 9.97 Å². The van der Waals surface area contributed by atoms with E-state index < -0.39 is 6.10 Å². The van der Waals surface area contributed by atoms with E-state index in [9.17, 15) is 14.7 Å². The molecule has 0 aliphatic carbocycles. The van der Waals surface area contributed by atoms with Crippen molar-refractivity contribution < 1.29 is 23.8 Å². The van der Waals surface area contributed by atoms with E-state index in [0.29, 0.717) is 41.5 Å². The van der Waals surface area contributed by atoms with Crippen LogP contribution in [0.2, 0.25) is 0 Å². The number of morpholine rings is 1. The zero-order valence-electron chi connectivity index (χ0n) is 18.4. The summed E-state index contributed by atoms with van der Waals surface area (Å²) in [6, 6.07) is 9.12. The molecule has 3 aromatic rings. The molecule has 168 valence electrons. The number of hydrogen-bond acceptors (Lipinski definition) is 7. The maximum absolute atomic E-state index is 13.0. The molecule has 0 unspecified atom stereocenters. The van der Waals surface area contributed by atoms with E-state index in [0.717, 1.165) is 5.39 Å². The van der Waals surface area contributed by atoms with Gasteiger partial charge in [-0.3, -0.25) is 9.59 Å². The van der Waals surface area contributed by atoms with Crippen molar-refractivity contribution in [2.45, 2.75) is 20.0 Å². The molecule has 1 aliphatic heterocycles. The Labute approximate surface area is 185 Å². The molecule has 1 atom stereocenters. The first-order chi connectivity index (χ1) is 15.4. The zero-order valence-corrected chi connectivity index (χ0v) is 18.4. The van der Waals surface area contributed by atoms with Crippen molar-refractivity contribution in [1.82, 2.24) is 19.8 Å². The van der Waals surface area contributed by atoms with Gasteiger partial charge in [-0.05, 0) is 19.1 Å². The second kappa shape index (κ2) is 9.05. The first-order valence-electron chi connectivity index (χ1n) is 10.5. The minimum atomic E-state index is -0.490. The van der Waals surface area contributed by atoms with Gasteiger partial charge in [0.15, 0.2) is 5.89 Å². The highest BCUT2D eigenvalue weighted by atomic mass is 16.5. The third-order valence-corrected chi connectivity index (χ3v) is 5.53. The topological polar surface area (TPSA) is 109 Å². The van der Waals surface area contributed by atoms with Crippen molar-refractivity contribution >= 4 is 22.7 Å². The molecule has 1 fully saturated rings. The lowest BCUT2D eigenvalue weighted by molar-refractivity contribution is -0.0256. The fraction of sp³-hybridized carbons (Fsp3) is 0.391.